The van der Waals surface area contributed by atoms with E-state index in [1.54, 1.807) is 26.0 Å². The molecular weight excluding hydrogens is 374 g/mol. The Labute approximate surface area is 158 Å². The summed E-state index contributed by atoms with van der Waals surface area (Å²) in [4.78, 5) is 13.6. The van der Waals surface area contributed by atoms with E-state index in [1.807, 2.05) is 0 Å². The Morgan fingerprint density at radius 2 is 1.67 bits per heavy atom. The lowest BCUT2D eigenvalue weighted by Crippen LogP contribution is -2.50. The molecule has 5 nitrogen and oxygen atoms in total. The summed E-state index contributed by atoms with van der Waals surface area (Å²) in [5.41, 5.74) is 0.701. The standard InChI is InChI=1S/C19H22F2N2O3S/c1-13(2)18(22-27(25,26)17-7-5-4-6-16(17)21)19(24)23(3)12-14-8-10-15(20)11-9-14/h4-11,13,18,22H,12H2,1-3H3. The number of carbonyl (C=O) groups is 1. The third-order valence-corrected chi connectivity index (χ3v) is 5.52. The Morgan fingerprint density at radius 3 is 2.22 bits per heavy atom. The van der Waals surface area contributed by atoms with Crippen LogP contribution in [0.5, 0.6) is 0 Å². The topological polar surface area (TPSA) is 66.5 Å². The van der Waals surface area contributed by atoms with Crippen molar-refractivity contribution in [1.82, 2.24) is 9.62 Å². The maximum atomic E-state index is 13.9. The van der Waals surface area contributed by atoms with Crippen molar-refractivity contribution in [3.8, 4) is 0 Å². The van der Waals surface area contributed by atoms with Crippen molar-refractivity contribution >= 4 is 15.9 Å². The highest BCUT2D eigenvalue weighted by atomic mass is 32.2. The summed E-state index contributed by atoms with van der Waals surface area (Å²) in [7, 11) is -2.69. The lowest BCUT2D eigenvalue weighted by Gasteiger charge is -2.27. The van der Waals surface area contributed by atoms with E-state index in [2.05, 4.69) is 4.72 Å². The number of amides is 1. The van der Waals surface area contributed by atoms with E-state index in [1.165, 1.54) is 36.2 Å². The zero-order valence-electron chi connectivity index (χ0n) is 15.3. The van der Waals surface area contributed by atoms with E-state index in [0.717, 1.165) is 12.1 Å². The van der Waals surface area contributed by atoms with Gasteiger partial charge in [-0.25, -0.2) is 17.2 Å². The quantitative estimate of drug-likeness (QED) is 0.783. The fraction of sp³-hybridized carbons (Fsp3) is 0.316. The van der Waals surface area contributed by atoms with Crippen LogP contribution in [0.4, 0.5) is 8.78 Å². The van der Waals surface area contributed by atoms with Gasteiger partial charge in [0.25, 0.3) is 0 Å². The molecule has 0 aliphatic carbocycles. The molecule has 2 rings (SSSR count). The van der Waals surface area contributed by atoms with Crippen LogP contribution in [0.3, 0.4) is 0 Å². The van der Waals surface area contributed by atoms with Gasteiger partial charge in [-0.1, -0.05) is 38.1 Å². The molecule has 27 heavy (non-hydrogen) atoms. The average Bonchev–Trinajstić information content (AvgIpc) is 2.61. The third-order valence-electron chi connectivity index (χ3n) is 4.05. The van der Waals surface area contributed by atoms with Crippen LogP contribution in [-0.2, 0) is 21.4 Å². The smallest absolute Gasteiger partial charge is 0.244 e. The van der Waals surface area contributed by atoms with Crippen molar-refractivity contribution in [2.24, 2.45) is 5.92 Å². The number of nitrogens with one attached hydrogen (secondary N) is 1. The summed E-state index contributed by atoms with van der Waals surface area (Å²) in [5.74, 6) is -2.10. The Balaban J connectivity index is 2.19. The van der Waals surface area contributed by atoms with E-state index < -0.39 is 32.7 Å². The van der Waals surface area contributed by atoms with E-state index in [4.69, 9.17) is 0 Å². The van der Waals surface area contributed by atoms with Crippen LogP contribution in [0.1, 0.15) is 19.4 Å². The maximum absolute atomic E-state index is 13.9. The first-order chi connectivity index (χ1) is 12.6. The molecule has 0 aliphatic rings. The lowest BCUT2D eigenvalue weighted by molar-refractivity contribution is -0.133. The molecule has 1 atom stereocenters. The molecule has 8 heteroatoms. The van der Waals surface area contributed by atoms with Gasteiger partial charge in [0.15, 0.2) is 0 Å². The van der Waals surface area contributed by atoms with Gasteiger partial charge in [-0.15, -0.1) is 0 Å². The fourth-order valence-electron chi connectivity index (χ4n) is 2.54. The minimum atomic E-state index is -4.21. The van der Waals surface area contributed by atoms with Gasteiger partial charge in [-0.2, -0.15) is 4.72 Å². The van der Waals surface area contributed by atoms with Crippen LogP contribution in [0.25, 0.3) is 0 Å². The van der Waals surface area contributed by atoms with Crippen LogP contribution in [0, 0.1) is 17.6 Å². The summed E-state index contributed by atoms with van der Waals surface area (Å²) < 4.78 is 54.2. The lowest BCUT2D eigenvalue weighted by atomic mass is 10.0. The van der Waals surface area contributed by atoms with Crippen LogP contribution in [0.2, 0.25) is 0 Å². The molecule has 146 valence electrons. The van der Waals surface area contributed by atoms with Crippen molar-refractivity contribution in [2.75, 3.05) is 7.05 Å². The first-order valence-electron chi connectivity index (χ1n) is 8.38. The third kappa shape index (κ3) is 5.33. The van der Waals surface area contributed by atoms with Gasteiger partial charge in [-0.05, 0) is 35.7 Å². The molecule has 0 spiro atoms. The number of likely N-dealkylation sites (N-methyl/N-ethyl adjacent to an activating group) is 1. The van der Waals surface area contributed by atoms with Gasteiger partial charge in [0.05, 0.1) is 0 Å². The second kappa shape index (κ2) is 8.58. The van der Waals surface area contributed by atoms with Gasteiger partial charge < -0.3 is 4.90 Å². The number of carbonyl (C=O) groups excluding carboxylic acids is 1. The zero-order valence-corrected chi connectivity index (χ0v) is 16.1. The number of rotatable bonds is 7. The predicted octanol–water partition coefficient (Wildman–Crippen LogP) is 2.93. The number of benzene rings is 2. The molecular formula is C19H22F2N2O3S. The van der Waals surface area contributed by atoms with E-state index >= 15 is 0 Å². The number of sulfonamides is 1. The van der Waals surface area contributed by atoms with Gasteiger partial charge >= 0.3 is 0 Å². The number of halogens is 2. The van der Waals surface area contributed by atoms with Gasteiger partial charge in [0.1, 0.15) is 22.6 Å². The average molecular weight is 396 g/mol. The highest BCUT2D eigenvalue weighted by molar-refractivity contribution is 7.89. The summed E-state index contributed by atoms with van der Waals surface area (Å²) in [6.45, 7) is 3.57. The minimum absolute atomic E-state index is 0.184. The molecule has 0 fully saturated rings. The second-order valence-corrected chi connectivity index (χ2v) is 8.28. The molecule has 1 N–H and O–H groups in total. The SMILES string of the molecule is CC(C)C(NS(=O)(=O)c1ccccc1F)C(=O)N(C)Cc1ccc(F)cc1. The first-order valence-corrected chi connectivity index (χ1v) is 9.86. The highest BCUT2D eigenvalue weighted by Gasteiger charge is 2.31. The molecule has 0 bridgehead atoms. The van der Waals surface area contributed by atoms with Crippen LogP contribution >= 0.6 is 0 Å². The summed E-state index contributed by atoms with van der Waals surface area (Å²) in [6.07, 6.45) is 0. The molecule has 0 saturated carbocycles. The molecule has 0 heterocycles. The first kappa shape index (κ1) is 21.0. The number of nitrogens with zero attached hydrogens (tertiary/aromatic N) is 1. The zero-order chi connectivity index (χ0) is 20.2. The maximum Gasteiger partial charge on any atom is 0.244 e. The van der Waals surface area contributed by atoms with E-state index in [9.17, 15) is 22.0 Å². The second-order valence-electron chi connectivity index (χ2n) is 6.59. The molecule has 1 amide bonds. The molecule has 0 saturated heterocycles. The van der Waals surface area contributed by atoms with Crippen LogP contribution < -0.4 is 4.72 Å². The molecule has 2 aromatic rings. The molecule has 0 aromatic heterocycles. The Kier molecular flexibility index (Phi) is 6.67. The highest BCUT2D eigenvalue weighted by Crippen LogP contribution is 2.17. The van der Waals surface area contributed by atoms with Gasteiger partial charge in [-0.3, -0.25) is 4.79 Å². The normalized spacial score (nSPS) is 12.8. The predicted molar refractivity (Wildman–Crippen MR) is 98.2 cm³/mol. The van der Waals surface area contributed by atoms with Crippen molar-refractivity contribution < 1.29 is 22.0 Å². The molecule has 0 radical (unpaired) electrons. The summed E-state index contributed by atoms with van der Waals surface area (Å²) >= 11 is 0. The van der Waals surface area contributed by atoms with Crippen LogP contribution in [0.15, 0.2) is 53.4 Å². The Hall–Kier alpha value is -2.32. The monoisotopic (exact) mass is 396 g/mol. The molecule has 1 unspecified atom stereocenters. The summed E-state index contributed by atoms with van der Waals surface area (Å²) in [6, 6.07) is 9.58. The summed E-state index contributed by atoms with van der Waals surface area (Å²) in [5, 5.41) is 0. The van der Waals surface area contributed by atoms with Gasteiger partial charge in [0, 0.05) is 13.6 Å². The minimum Gasteiger partial charge on any atom is -0.340 e. The van der Waals surface area contributed by atoms with Crippen molar-refractivity contribution in [3.63, 3.8) is 0 Å². The Morgan fingerprint density at radius 1 is 1.07 bits per heavy atom. The number of hydrogen-bond acceptors (Lipinski definition) is 3. The van der Waals surface area contributed by atoms with Gasteiger partial charge in [0.2, 0.25) is 15.9 Å². The van der Waals surface area contributed by atoms with Crippen molar-refractivity contribution in [1.29, 1.82) is 0 Å². The number of hydrogen-bond donors (Lipinski definition) is 1. The van der Waals surface area contributed by atoms with E-state index in [-0.39, 0.29) is 18.3 Å². The molecule has 0 aliphatic heterocycles. The van der Waals surface area contributed by atoms with Crippen molar-refractivity contribution in [2.45, 2.75) is 31.3 Å². The van der Waals surface area contributed by atoms with Crippen LogP contribution in [-0.4, -0.2) is 32.3 Å². The Bertz CT molecular complexity index is 899. The van der Waals surface area contributed by atoms with E-state index in [0.29, 0.717) is 5.56 Å². The largest absolute Gasteiger partial charge is 0.340 e. The van der Waals surface area contributed by atoms with Crippen molar-refractivity contribution in [3.05, 3.63) is 65.7 Å². The molecule has 2 aromatic carbocycles. The fourth-order valence-corrected chi connectivity index (χ4v) is 3.96.